The van der Waals surface area contributed by atoms with Gasteiger partial charge in [0.1, 0.15) is 0 Å². The maximum atomic E-state index is 4.45. The summed E-state index contributed by atoms with van der Waals surface area (Å²) in [5, 5.41) is 0. The van der Waals surface area contributed by atoms with Gasteiger partial charge in [-0.2, -0.15) is 12.6 Å². The second-order valence-corrected chi connectivity index (χ2v) is 3.66. The van der Waals surface area contributed by atoms with Crippen molar-refractivity contribution in [2.24, 2.45) is 4.99 Å². The summed E-state index contributed by atoms with van der Waals surface area (Å²) in [5.41, 5.74) is 3.25. The lowest BCUT2D eigenvalue weighted by Crippen LogP contribution is -2.03. The molecule has 0 spiro atoms. The summed E-state index contributed by atoms with van der Waals surface area (Å²) in [6, 6.07) is 20.4. The highest BCUT2D eigenvalue weighted by atomic mass is 32.1. The molecule has 0 unspecified atom stereocenters. The molecule has 0 heterocycles. The van der Waals surface area contributed by atoms with Crippen molar-refractivity contribution >= 4 is 18.3 Å². The molecule has 0 aliphatic carbocycles. The van der Waals surface area contributed by atoms with Gasteiger partial charge in [0, 0.05) is 11.1 Å². The summed E-state index contributed by atoms with van der Waals surface area (Å²) in [4.78, 5) is 4.45. The van der Waals surface area contributed by atoms with E-state index in [1.54, 1.807) is 0 Å². The molecule has 0 aromatic heterocycles. The molecule has 0 N–H and O–H groups in total. The molecule has 0 radical (unpaired) electrons. The molecule has 0 saturated heterocycles. The van der Waals surface area contributed by atoms with E-state index < -0.39 is 0 Å². The molecular weight excluding hydrogens is 214 g/mol. The molecule has 2 rings (SSSR count). The second-order valence-electron chi connectivity index (χ2n) is 3.38. The van der Waals surface area contributed by atoms with Gasteiger partial charge in [-0.15, -0.1) is 0 Å². The highest BCUT2D eigenvalue weighted by molar-refractivity contribution is 7.80. The Morgan fingerprint density at radius 2 is 1.25 bits per heavy atom. The lowest BCUT2D eigenvalue weighted by molar-refractivity contribution is 1.37. The first kappa shape index (κ1) is 11.0. The monoisotopic (exact) mass is 227 g/mol. The number of hydrogen-bond donors (Lipinski definition) is 1. The topological polar surface area (TPSA) is 12.4 Å². The molecule has 2 aromatic rings. The molecule has 16 heavy (non-hydrogen) atoms. The molecule has 2 heteroatoms. The van der Waals surface area contributed by atoms with E-state index in [1.165, 1.54) is 0 Å². The zero-order valence-electron chi connectivity index (χ0n) is 8.88. The molecule has 0 saturated carbocycles. The molecular formula is C14H13NS. The average Bonchev–Trinajstić information content (AvgIpc) is 2.38. The van der Waals surface area contributed by atoms with E-state index in [1.807, 2.05) is 36.4 Å². The van der Waals surface area contributed by atoms with Gasteiger partial charge in [0.05, 0.1) is 11.6 Å². The van der Waals surface area contributed by atoms with Gasteiger partial charge in [0.25, 0.3) is 0 Å². The Hall–Kier alpha value is -1.54. The lowest BCUT2D eigenvalue weighted by Gasteiger charge is -2.06. The van der Waals surface area contributed by atoms with E-state index in [4.69, 9.17) is 0 Å². The average molecular weight is 227 g/mol. The van der Waals surface area contributed by atoms with Crippen LogP contribution in [0.15, 0.2) is 65.7 Å². The quantitative estimate of drug-likeness (QED) is 0.609. The Morgan fingerprint density at radius 1 is 0.812 bits per heavy atom. The normalized spacial score (nSPS) is 9.81. The van der Waals surface area contributed by atoms with Crippen molar-refractivity contribution in [3.05, 3.63) is 71.8 Å². The predicted octanol–water partition coefficient (Wildman–Crippen LogP) is 3.41. The van der Waals surface area contributed by atoms with Crippen LogP contribution in [0.1, 0.15) is 11.1 Å². The molecule has 0 fully saturated rings. The number of rotatable bonds is 3. The molecule has 0 amide bonds. The first-order valence-corrected chi connectivity index (χ1v) is 5.81. The van der Waals surface area contributed by atoms with Crippen molar-refractivity contribution in [2.45, 2.75) is 0 Å². The van der Waals surface area contributed by atoms with Gasteiger partial charge in [-0.3, -0.25) is 4.99 Å². The van der Waals surface area contributed by atoms with Crippen molar-refractivity contribution < 1.29 is 0 Å². The van der Waals surface area contributed by atoms with E-state index in [-0.39, 0.29) is 0 Å². The van der Waals surface area contributed by atoms with Gasteiger partial charge in [-0.05, 0) is 0 Å². The lowest BCUT2D eigenvalue weighted by atomic mass is 10.0. The Kier molecular flexibility index (Phi) is 3.78. The highest BCUT2D eigenvalue weighted by Crippen LogP contribution is 2.10. The first-order chi connectivity index (χ1) is 7.92. The van der Waals surface area contributed by atoms with E-state index in [0.29, 0.717) is 5.88 Å². The SMILES string of the molecule is SCN=C(c1ccccc1)c1ccccc1. The fourth-order valence-corrected chi connectivity index (χ4v) is 1.75. The van der Waals surface area contributed by atoms with Gasteiger partial charge in [0.15, 0.2) is 0 Å². The van der Waals surface area contributed by atoms with Gasteiger partial charge < -0.3 is 0 Å². The second kappa shape index (κ2) is 5.52. The number of hydrogen-bond acceptors (Lipinski definition) is 2. The van der Waals surface area contributed by atoms with Gasteiger partial charge >= 0.3 is 0 Å². The van der Waals surface area contributed by atoms with Crippen LogP contribution < -0.4 is 0 Å². The summed E-state index contributed by atoms with van der Waals surface area (Å²) in [6.45, 7) is 0. The van der Waals surface area contributed by atoms with Crippen LogP contribution in [-0.2, 0) is 0 Å². The smallest absolute Gasteiger partial charge is 0.0822 e. The summed E-state index contributed by atoms with van der Waals surface area (Å²) >= 11 is 4.17. The van der Waals surface area contributed by atoms with Crippen LogP contribution >= 0.6 is 12.6 Å². The van der Waals surface area contributed by atoms with Crippen LogP contribution in [0.25, 0.3) is 0 Å². The Labute approximate surface area is 101 Å². The molecule has 1 nitrogen and oxygen atoms in total. The van der Waals surface area contributed by atoms with Crippen LogP contribution in [0.2, 0.25) is 0 Å². The summed E-state index contributed by atoms with van der Waals surface area (Å²) < 4.78 is 0. The maximum Gasteiger partial charge on any atom is 0.0822 e. The standard InChI is InChI=1S/C14H13NS/c16-11-15-14(12-7-3-1-4-8-12)13-9-5-2-6-10-13/h1-10,16H,11H2. The Bertz CT molecular complexity index is 421. The van der Waals surface area contributed by atoms with Gasteiger partial charge in [-0.1, -0.05) is 60.7 Å². The van der Waals surface area contributed by atoms with Crippen LogP contribution in [-0.4, -0.2) is 11.6 Å². The maximum absolute atomic E-state index is 4.45. The van der Waals surface area contributed by atoms with Crippen LogP contribution in [0.4, 0.5) is 0 Å². The van der Waals surface area contributed by atoms with Crippen LogP contribution in [0.5, 0.6) is 0 Å². The zero-order chi connectivity index (χ0) is 11.2. The number of thiol groups is 1. The van der Waals surface area contributed by atoms with E-state index in [9.17, 15) is 0 Å². The molecule has 0 atom stereocenters. The summed E-state index contributed by atoms with van der Waals surface area (Å²) in [7, 11) is 0. The van der Waals surface area contributed by atoms with Crippen molar-refractivity contribution in [1.29, 1.82) is 0 Å². The van der Waals surface area contributed by atoms with E-state index >= 15 is 0 Å². The minimum absolute atomic E-state index is 0.499. The third-order valence-electron chi connectivity index (χ3n) is 2.32. The summed E-state index contributed by atoms with van der Waals surface area (Å²) in [6.07, 6.45) is 0. The number of nitrogens with zero attached hydrogens (tertiary/aromatic N) is 1. The van der Waals surface area contributed by atoms with Crippen molar-refractivity contribution in [1.82, 2.24) is 0 Å². The van der Waals surface area contributed by atoms with Gasteiger partial charge in [-0.25, -0.2) is 0 Å². The molecule has 0 aliphatic heterocycles. The van der Waals surface area contributed by atoms with Crippen molar-refractivity contribution in [3.63, 3.8) is 0 Å². The minimum Gasteiger partial charge on any atom is -0.274 e. The highest BCUT2D eigenvalue weighted by Gasteiger charge is 2.04. The largest absolute Gasteiger partial charge is 0.274 e. The fraction of sp³-hybridized carbons (Fsp3) is 0.0714. The number of benzene rings is 2. The molecule has 2 aromatic carbocycles. The van der Waals surface area contributed by atoms with Crippen LogP contribution in [0.3, 0.4) is 0 Å². The first-order valence-electron chi connectivity index (χ1n) is 5.18. The third kappa shape index (κ3) is 2.52. The minimum atomic E-state index is 0.499. The Morgan fingerprint density at radius 3 is 1.62 bits per heavy atom. The molecule has 80 valence electrons. The summed E-state index contributed by atoms with van der Waals surface area (Å²) in [5.74, 6) is 0.499. The molecule has 0 aliphatic rings. The Balaban J connectivity index is 2.44. The number of aliphatic imine (C=N–C) groups is 1. The van der Waals surface area contributed by atoms with E-state index in [2.05, 4.69) is 41.9 Å². The fourth-order valence-electron chi connectivity index (χ4n) is 1.61. The molecule has 0 bridgehead atoms. The van der Waals surface area contributed by atoms with E-state index in [0.717, 1.165) is 16.8 Å². The zero-order valence-corrected chi connectivity index (χ0v) is 9.77. The third-order valence-corrected chi connectivity index (χ3v) is 2.46. The predicted molar refractivity (Wildman–Crippen MR) is 72.4 cm³/mol. The van der Waals surface area contributed by atoms with Gasteiger partial charge in [0.2, 0.25) is 0 Å². The van der Waals surface area contributed by atoms with Crippen molar-refractivity contribution in [2.75, 3.05) is 5.88 Å². The van der Waals surface area contributed by atoms with Crippen molar-refractivity contribution in [3.8, 4) is 0 Å². The van der Waals surface area contributed by atoms with Crippen LogP contribution in [0, 0.1) is 0 Å².